The van der Waals surface area contributed by atoms with E-state index in [0.29, 0.717) is 32.4 Å². The molecule has 0 saturated carbocycles. The number of rotatable bonds is 2. The molecule has 0 radical (unpaired) electrons. The molecule has 0 saturated heterocycles. The van der Waals surface area contributed by atoms with Gasteiger partial charge in [-0.3, -0.25) is 4.79 Å². The summed E-state index contributed by atoms with van der Waals surface area (Å²) in [6.07, 6.45) is 0. The van der Waals surface area contributed by atoms with Gasteiger partial charge < -0.3 is 21.0 Å². The molecule has 21 heavy (non-hydrogen) atoms. The van der Waals surface area contributed by atoms with Gasteiger partial charge in [-0.25, -0.2) is 4.79 Å². The lowest BCUT2D eigenvalue weighted by Gasteiger charge is -2.08. The number of benzene rings is 2. The summed E-state index contributed by atoms with van der Waals surface area (Å²) in [5, 5.41) is 2.78. The molecule has 0 aliphatic carbocycles. The van der Waals surface area contributed by atoms with E-state index in [4.69, 9.17) is 5.73 Å². The van der Waals surface area contributed by atoms with Crippen LogP contribution in [0.4, 0.5) is 11.4 Å². The molecule has 0 atom stereocenters. The SMILES string of the molecule is Nc1ccc(C(=O)Nc2cc3[nH]c(=O)[nH]c3cc2Br)cc1. The lowest BCUT2D eigenvalue weighted by Crippen LogP contribution is -2.12. The molecule has 7 heteroatoms. The smallest absolute Gasteiger partial charge is 0.323 e. The number of halogens is 1. The van der Waals surface area contributed by atoms with Crippen molar-refractivity contribution in [3.63, 3.8) is 0 Å². The molecule has 5 N–H and O–H groups in total. The Balaban J connectivity index is 1.93. The summed E-state index contributed by atoms with van der Waals surface area (Å²) < 4.78 is 0.675. The van der Waals surface area contributed by atoms with Crippen molar-refractivity contribution in [1.82, 2.24) is 9.97 Å². The van der Waals surface area contributed by atoms with Crippen LogP contribution in [-0.2, 0) is 0 Å². The minimum absolute atomic E-state index is 0.257. The van der Waals surface area contributed by atoms with E-state index in [-0.39, 0.29) is 11.6 Å². The first-order valence-corrected chi connectivity index (χ1v) is 6.90. The first-order valence-electron chi connectivity index (χ1n) is 6.11. The predicted molar refractivity (Wildman–Crippen MR) is 85.4 cm³/mol. The highest BCUT2D eigenvalue weighted by Gasteiger charge is 2.10. The molecule has 0 aliphatic heterocycles. The second kappa shape index (κ2) is 5.10. The van der Waals surface area contributed by atoms with Gasteiger partial charge in [0, 0.05) is 15.7 Å². The first kappa shape index (κ1) is 13.4. The van der Waals surface area contributed by atoms with Crippen LogP contribution >= 0.6 is 15.9 Å². The molecule has 3 rings (SSSR count). The van der Waals surface area contributed by atoms with Gasteiger partial charge in [-0.15, -0.1) is 0 Å². The number of carbonyl (C=O) groups is 1. The van der Waals surface area contributed by atoms with Crippen molar-refractivity contribution < 1.29 is 4.79 Å². The van der Waals surface area contributed by atoms with Gasteiger partial charge in [-0.1, -0.05) is 0 Å². The molecule has 0 bridgehead atoms. The summed E-state index contributed by atoms with van der Waals surface area (Å²) >= 11 is 3.37. The molecule has 106 valence electrons. The number of nitrogen functional groups attached to an aromatic ring is 1. The number of amides is 1. The van der Waals surface area contributed by atoms with E-state index in [1.54, 1.807) is 36.4 Å². The van der Waals surface area contributed by atoms with E-state index >= 15 is 0 Å². The summed E-state index contributed by atoms with van der Waals surface area (Å²) in [4.78, 5) is 28.7. The van der Waals surface area contributed by atoms with E-state index in [1.807, 2.05) is 0 Å². The van der Waals surface area contributed by atoms with Crippen molar-refractivity contribution in [1.29, 1.82) is 0 Å². The van der Waals surface area contributed by atoms with Crippen LogP contribution in [0, 0.1) is 0 Å². The Kier molecular flexibility index (Phi) is 3.26. The quantitative estimate of drug-likeness (QED) is 0.535. The van der Waals surface area contributed by atoms with Gasteiger partial charge in [0.25, 0.3) is 5.91 Å². The Morgan fingerprint density at radius 3 is 2.38 bits per heavy atom. The highest BCUT2D eigenvalue weighted by molar-refractivity contribution is 9.10. The monoisotopic (exact) mass is 346 g/mol. The zero-order valence-corrected chi connectivity index (χ0v) is 12.3. The highest BCUT2D eigenvalue weighted by Crippen LogP contribution is 2.26. The van der Waals surface area contributed by atoms with Crippen LogP contribution in [0.25, 0.3) is 11.0 Å². The Labute approximate surface area is 127 Å². The Hall–Kier alpha value is -2.54. The average molecular weight is 347 g/mol. The minimum atomic E-state index is -0.293. The number of nitrogens with two attached hydrogens (primary N) is 1. The fourth-order valence-corrected chi connectivity index (χ4v) is 2.42. The lowest BCUT2D eigenvalue weighted by atomic mass is 10.2. The summed E-state index contributed by atoms with van der Waals surface area (Å²) in [5.74, 6) is -0.257. The van der Waals surface area contributed by atoms with Crippen molar-refractivity contribution in [3.05, 3.63) is 56.9 Å². The van der Waals surface area contributed by atoms with Crippen molar-refractivity contribution in [3.8, 4) is 0 Å². The summed E-state index contributed by atoms with van der Waals surface area (Å²) in [7, 11) is 0. The summed E-state index contributed by atoms with van der Waals surface area (Å²) in [6, 6.07) is 10.0. The maximum Gasteiger partial charge on any atom is 0.323 e. The van der Waals surface area contributed by atoms with Gasteiger partial charge in [-0.2, -0.15) is 0 Å². The number of aromatic amines is 2. The number of imidazole rings is 1. The van der Waals surface area contributed by atoms with E-state index in [2.05, 4.69) is 31.2 Å². The molecule has 6 nitrogen and oxygen atoms in total. The fraction of sp³-hybridized carbons (Fsp3) is 0. The van der Waals surface area contributed by atoms with Crippen molar-refractivity contribution in [2.24, 2.45) is 0 Å². The van der Waals surface area contributed by atoms with Crippen molar-refractivity contribution in [2.45, 2.75) is 0 Å². The molecule has 3 aromatic rings. The Bertz CT molecular complexity index is 880. The molecule has 0 fully saturated rings. The van der Waals surface area contributed by atoms with E-state index in [0.717, 1.165) is 0 Å². The third-order valence-corrected chi connectivity index (χ3v) is 3.68. The number of nitrogens with one attached hydrogen (secondary N) is 3. The summed E-state index contributed by atoms with van der Waals surface area (Å²) in [5.41, 5.74) is 8.25. The Morgan fingerprint density at radius 1 is 1.10 bits per heavy atom. The van der Waals surface area contributed by atoms with Crippen LogP contribution in [0.1, 0.15) is 10.4 Å². The molecule has 0 aliphatic rings. The third-order valence-electron chi connectivity index (χ3n) is 3.02. The van der Waals surface area contributed by atoms with Crippen LogP contribution in [0.3, 0.4) is 0 Å². The standard InChI is InChI=1S/C14H11BrN4O2/c15-9-5-11-12(19-14(21)18-11)6-10(9)17-13(20)7-1-3-8(16)4-2-7/h1-6H,16H2,(H,17,20)(H2,18,19,21). The Morgan fingerprint density at radius 2 is 1.71 bits per heavy atom. The van der Waals surface area contributed by atoms with Gasteiger partial charge in [-0.05, 0) is 52.3 Å². The number of anilines is 2. The van der Waals surface area contributed by atoms with Crippen LogP contribution < -0.4 is 16.7 Å². The largest absolute Gasteiger partial charge is 0.399 e. The van der Waals surface area contributed by atoms with Crippen LogP contribution in [0.5, 0.6) is 0 Å². The van der Waals surface area contributed by atoms with E-state index < -0.39 is 0 Å². The number of H-pyrrole nitrogens is 2. The molecule has 2 aromatic carbocycles. The molecule has 1 aromatic heterocycles. The predicted octanol–water partition coefficient (Wildman–Crippen LogP) is 2.45. The fourth-order valence-electron chi connectivity index (χ4n) is 1.98. The molecule has 0 unspecified atom stereocenters. The maximum atomic E-state index is 12.2. The van der Waals surface area contributed by atoms with Gasteiger partial charge in [0.1, 0.15) is 0 Å². The van der Waals surface area contributed by atoms with Crippen LogP contribution in [0.15, 0.2) is 45.7 Å². The molecule has 1 heterocycles. The second-order valence-electron chi connectivity index (χ2n) is 4.53. The normalized spacial score (nSPS) is 10.7. The molecule has 1 amide bonds. The number of aromatic nitrogens is 2. The van der Waals surface area contributed by atoms with Gasteiger partial charge in [0.05, 0.1) is 16.7 Å². The molecular formula is C14H11BrN4O2. The minimum Gasteiger partial charge on any atom is -0.399 e. The summed E-state index contributed by atoms with van der Waals surface area (Å²) in [6.45, 7) is 0. The number of carbonyl (C=O) groups excluding carboxylic acids is 1. The maximum absolute atomic E-state index is 12.2. The van der Waals surface area contributed by atoms with E-state index in [1.165, 1.54) is 0 Å². The zero-order chi connectivity index (χ0) is 15.0. The van der Waals surface area contributed by atoms with Gasteiger partial charge >= 0.3 is 5.69 Å². The first-order chi connectivity index (χ1) is 10.0. The topological polar surface area (TPSA) is 104 Å². The molecule has 0 spiro atoms. The number of hydrogen-bond donors (Lipinski definition) is 4. The lowest BCUT2D eigenvalue weighted by molar-refractivity contribution is 0.102. The second-order valence-corrected chi connectivity index (χ2v) is 5.39. The number of hydrogen-bond acceptors (Lipinski definition) is 3. The van der Waals surface area contributed by atoms with Crippen molar-refractivity contribution >= 4 is 44.2 Å². The third kappa shape index (κ3) is 2.68. The number of fused-ring (bicyclic) bond motifs is 1. The van der Waals surface area contributed by atoms with Crippen molar-refractivity contribution in [2.75, 3.05) is 11.1 Å². The van der Waals surface area contributed by atoms with Crippen LogP contribution in [-0.4, -0.2) is 15.9 Å². The van der Waals surface area contributed by atoms with Crippen LogP contribution in [0.2, 0.25) is 0 Å². The van der Waals surface area contributed by atoms with Gasteiger partial charge in [0.2, 0.25) is 0 Å². The average Bonchev–Trinajstić information content (AvgIpc) is 2.79. The van der Waals surface area contributed by atoms with E-state index in [9.17, 15) is 9.59 Å². The van der Waals surface area contributed by atoms with Gasteiger partial charge in [0.15, 0.2) is 0 Å². The molecular weight excluding hydrogens is 336 g/mol. The zero-order valence-electron chi connectivity index (χ0n) is 10.7. The highest BCUT2D eigenvalue weighted by atomic mass is 79.9.